The van der Waals surface area contributed by atoms with E-state index in [0.29, 0.717) is 5.69 Å². The largest absolute Gasteiger partial charge is 0.325 e. The molecule has 1 amide bonds. The van der Waals surface area contributed by atoms with E-state index in [9.17, 15) is 9.59 Å². The molecule has 118 valence electrons. The van der Waals surface area contributed by atoms with Crippen molar-refractivity contribution >= 4 is 11.6 Å². The first-order valence-electron chi connectivity index (χ1n) is 7.42. The molecule has 0 aliphatic carbocycles. The van der Waals surface area contributed by atoms with Crippen molar-refractivity contribution in [1.82, 2.24) is 4.57 Å². The maximum Gasteiger partial charge on any atom is 0.269 e. The van der Waals surface area contributed by atoms with Crippen molar-refractivity contribution in [2.24, 2.45) is 0 Å². The van der Waals surface area contributed by atoms with Crippen LogP contribution in [0.4, 0.5) is 5.69 Å². The van der Waals surface area contributed by atoms with Gasteiger partial charge < -0.3 is 9.88 Å². The van der Waals surface area contributed by atoms with Crippen LogP contribution >= 0.6 is 0 Å². The minimum Gasteiger partial charge on any atom is -0.325 e. The van der Waals surface area contributed by atoms with Gasteiger partial charge in [-0.25, -0.2) is 0 Å². The zero-order valence-electron chi connectivity index (χ0n) is 13.5. The number of anilines is 1. The third kappa shape index (κ3) is 3.86. The van der Waals surface area contributed by atoms with Gasteiger partial charge in [0.15, 0.2) is 0 Å². The Balaban J connectivity index is 2.28. The van der Waals surface area contributed by atoms with E-state index in [0.717, 1.165) is 11.3 Å². The molecule has 1 heterocycles. The molecule has 2 aromatic rings. The molecule has 0 aliphatic heterocycles. The molecular formula is C18H19N3O2. The number of pyridine rings is 1. The molecule has 0 spiro atoms. The molecule has 0 saturated carbocycles. The van der Waals surface area contributed by atoms with Gasteiger partial charge >= 0.3 is 0 Å². The van der Waals surface area contributed by atoms with E-state index in [2.05, 4.69) is 5.32 Å². The van der Waals surface area contributed by atoms with Gasteiger partial charge in [-0.1, -0.05) is 31.5 Å². The Hall–Kier alpha value is -2.87. The number of carbonyl (C=O) groups excluding carboxylic acids is 1. The fourth-order valence-electron chi connectivity index (χ4n) is 2.33. The Kier molecular flexibility index (Phi) is 4.97. The highest BCUT2D eigenvalue weighted by molar-refractivity contribution is 5.90. The maximum atomic E-state index is 12.3. The van der Waals surface area contributed by atoms with Crippen LogP contribution in [0.3, 0.4) is 0 Å². The van der Waals surface area contributed by atoms with Gasteiger partial charge in [-0.05, 0) is 37.1 Å². The van der Waals surface area contributed by atoms with Gasteiger partial charge in [-0.15, -0.1) is 0 Å². The van der Waals surface area contributed by atoms with Gasteiger partial charge in [0.25, 0.3) is 5.56 Å². The first kappa shape index (κ1) is 16.5. The molecular weight excluding hydrogens is 290 g/mol. The average molecular weight is 309 g/mol. The first-order valence-corrected chi connectivity index (χ1v) is 7.42. The van der Waals surface area contributed by atoms with E-state index in [1.165, 1.54) is 10.6 Å². The molecule has 23 heavy (non-hydrogen) atoms. The third-order valence-corrected chi connectivity index (χ3v) is 3.56. The van der Waals surface area contributed by atoms with Crippen molar-refractivity contribution in [2.45, 2.75) is 33.2 Å². The molecule has 0 atom stereocenters. The summed E-state index contributed by atoms with van der Waals surface area (Å²) in [6, 6.07) is 12.5. The summed E-state index contributed by atoms with van der Waals surface area (Å²) in [5.74, 6) is -0.226. The van der Waals surface area contributed by atoms with Crippen LogP contribution in [0.15, 0.2) is 41.2 Å². The summed E-state index contributed by atoms with van der Waals surface area (Å²) in [6.07, 6.45) is 0. The minimum atomic E-state index is -0.433. The second-order valence-corrected chi connectivity index (χ2v) is 5.74. The number of aromatic nitrogens is 1. The highest BCUT2D eigenvalue weighted by Crippen LogP contribution is 2.14. The number of amides is 1. The SMILES string of the molecule is Cc1ccc(NC(=O)Cn2c(C(C)C)ccc(C#N)c2=O)cc1. The predicted octanol–water partition coefficient (Wildman–Crippen LogP) is 2.79. The van der Waals surface area contributed by atoms with Crippen LogP contribution < -0.4 is 10.9 Å². The zero-order valence-corrected chi connectivity index (χ0v) is 13.5. The van der Waals surface area contributed by atoms with E-state index < -0.39 is 5.56 Å². The van der Waals surface area contributed by atoms with Crippen molar-refractivity contribution in [3.8, 4) is 6.07 Å². The van der Waals surface area contributed by atoms with Crippen molar-refractivity contribution in [2.75, 3.05) is 5.32 Å². The smallest absolute Gasteiger partial charge is 0.269 e. The van der Waals surface area contributed by atoms with Crippen molar-refractivity contribution in [3.05, 3.63) is 63.6 Å². The quantitative estimate of drug-likeness (QED) is 0.943. The lowest BCUT2D eigenvalue weighted by molar-refractivity contribution is -0.116. The maximum absolute atomic E-state index is 12.3. The lowest BCUT2D eigenvalue weighted by Gasteiger charge is -2.15. The van der Waals surface area contributed by atoms with E-state index in [1.807, 2.05) is 51.1 Å². The Morgan fingerprint density at radius 2 is 1.87 bits per heavy atom. The summed E-state index contributed by atoms with van der Waals surface area (Å²) in [6.45, 7) is 5.73. The van der Waals surface area contributed by atoms with E-state index in [4.69, 9.17) is 5.26 Å². The second-order valence-electron chi connectivity index (χ2n) is 5.74. The summed E-state index contributed by atoms with van der Waals surface area (Å²) in [5, 5.41) is 11.8. The lowest BCUT2D eigenvalue weighted by Crippen LogP contribution is -2.31. The van der Waals surface area contributed by atoms with Crippen LogP contribution in [-0.2, 0) is 11.3 Å². The molecule has 5 nitrogen and oxygen atoms in total. The van der Waals surface area contributed by atoms with Gasteiger partial charge in [0, 0.05) is 11.4 Å². The molecule has 0 saturated heterocycles. The average Bonchev–Trinajstić information content (AvgIpc) is 2.51. The first-order chi connectivity index (χ1) is 10.9. The summed E-state index contributed by atoms with van der Waals surface area (Å²) in [5.41, 5.74) is 2.11. The summed E-state index contributed by atoms with van der Waals surface area (Å²) in [4.78, 5) is 24.6. The Bertz CT molecular complexity index is 812. The molecule has 5 heteroatoms. The summed E-state index contributed by atoms with van der Waals surface area (Å²) >= 11 is 0. The Morgan fingerprint density at radius 3 is 2.43 bits per heavy atom. The molecule has 0 unspecified atom stereocenters. The van der Waals surface area contributed by atoms with Crippen molar-refractivity contribution in [3.63, 3.8) is 0 Å². The molecule has 1 aromatic carbocycles. The van der Waals surface area contributed by atoms with E-state index in [-0.39, 0.29) is 23.9 Å². The van der Waals surface area contributed by atoms with E-state index >= 15 is 0 Å². The predicted molar refractivity (Wildman–Crippen MR) is 89.3 cm³/mol. The molecule has 0 bridgehead atoms. The molecule has 0 fully saturated rings. The number of aryl methyl sites for hydroxylation is 1. The number of nitrogens with one attached hydrogen (secondary N) is 1. The van der Waals surface area contributed by atoms with Crippen LogP contribution in [0.25, 0.3) is 0 Å². The number of benzene rings is 1. The topological polar surface area (TPSA) is 74.9 Å². The van der Waals surface area contributed by atoms with Crippen LogP contribution in [0.5, 0.6) is 0 Å². The van der Waals surface area contributed by atoms with Crippen LogP contribution in [0.1, 0.15) is 36.6 Å². The van der Waals surface area contributed by atoms with Crippen LogP contribution in [0, 0.1) is 18.3 Å². The normalized spacial score (nSPS) is 10.4. The molecule has 0 aliphatic rings. The van der Waals surface area contributed by atoms with Crippen LogP contribution in [-0.4, -0.2) is 10.5 Å². The van der Waals surface area contributed by atoms with Gasteiger partial charge in [0.1, 0.15) is 18.2 Å². The minimum absolute atomic E-state index is 0.0394. The second kappa shape index (κ2) is 6.93. The molecule has 2 rings (SSSR count). The highest BCUT2D eigenvalue weighted by atomic mass is 16.2. The summed E-state index contributed by atoms with van der Waals surface area (Å²) in [7, 11) is 0. The lowest BCUT2D eigenvalue weighted by atomic mass is 10.1. The molecule has 1 N–H and O–H groups in total. The molecule has 0 radical (unpaired) electrons. The molecule has 1 aromatic heterocycles. The number of nitrogens with zero attached hydrogens (tertiary/aromatic N) is 2. The third-order valence-electron chi connectivity index (χ3n) is 3.56. The van der Waals surface area contributed by atoms with Crippen LogP contribution in [0.2, 0.25) is 0 Å². The highest BCUT2D eigenvalue weighted by Gasteiger charge is 2.14. The standard InChI is InChI=1S/C18H19N3O2/c1-12(2)16-9-6-14(10-19)18(23)21(16)11-17(22)20-15-7-4-13(3)5-8-15/h4-9,12H,11H2,1-3H3,(H,20,22). The zero-order chi connectivity index (χ0) is 17.0. The Labute approximate surface area is 135 Å². The monoisotopic (exact) mass is 309 g/mol. The number of hydrogen-bond donors (Lipinski definition) is 1. The van der Waals surface area contributed by atoms with Crippen molar-refractivity contribution < 1.29 is 4.79 Å². The summed E-state index contributed by atoms with van der Waals surface area (Å²) < 4.78 is 1.37. The van der Waals surface area contributed by atoms with Gasteiger partial charge in [-0.2, -0.15) is 5.26 Å². The number of carbonyl (C=O) groups is 1. The number of nitriles is 1. The fourth-order valence-corrected chi connectivity index (χ4v) is 2.33. The van der Waals surface area contributed by atoms with E-state index in [1.54, 1.807) is 6.07 Å². The van der Waals surface area contributed by atoms with Gasteiger partial charge in [-0.3, -0.25) is 9.59 Å². The number of hydrogen-bond acceptors (Lipinski definition) is 3. The van der Waals surface area contributed by atoms with Gasteiger partial charge in [0.05, 0.1) is 0 Å². The number of rotatable bonds is 4. The Morgan fingerprint density at radius 1 is 1.22 bits per heavy atom. The van der Waals surface area contributed by atoms with Gasteiger partial charge in [0.2, 0.25) is 5.91 Å². The fraction of sp³-hybridized carbons (Fsp3) is 0.278. The van der Waals surface area contributed by atoms with Crippen molar-refractivity contribution in [1.29, 1.82) is 5.26 Å².